The molecule has 2 N–H and O–H groups in total. The van der Waals surface area contributed by atoms with E-state index in [0.29, 0.717) is 12.6 Å². The largest absolute Gasteiger partial charge is 0.347 e. The van der Waals surface area contributed by atoms with Crippen molar-refractivity contribution in [3.05, 3.63) is 59.8 Å². The van der Waals surface area contributed by atoms with Crippen LogP contribution in [0, 0.1) is 0 Å². The van der Waals surface area contributed by atoms with Gasteiger partial charge in [-0.15, -0.1) is 0 Å². The average molecular weight is 282 g/mol. The number of aromatic nitrogens is 1. The van der Waals surface area contributed by atoms with Crippen molar-refractivity contribution in [3.63, 3.8) is 0 Å². The molecule has 1 saturated heterocycles. The molecule has 110 valence electrons. The minimum Gasteiger partial charge on any atom is -0.347 e. The van der Waals surface area contributed by atoms with Gasteiger partial charge in [-0.1, -0.05) is 36.4 Å². The SMILES string of the molecule is CN1CCN(c2cccc(CN)n2)C(c2ccccc2)C1. The number of pyridine rings is 1. The number of nitrogens with zero attached hydrogens (tertiary/aromatic N) is 3. The molecular formula is C17H22N4. The fourth-order valence-electron chi connectivity index (χ4n) is 2.89. The topological polar surface area (TPSA) is 45.4 Å². The Hall–Kier alpha value is -1.91. The first-order valence-electron chi connectivity index (χ1n) is 7.44. The second-order valence-corrected chi connectivity index (χ2v) is 5.57. The molecule has 21 heavy (non-hydrogen) atoms. The van der Waals surface area contributed by atoms with E-state index >= 15 is 0 Å². The molecule has 4 heteroatoms. The van der Waals surface area contributed by atoms with Crippen LogP contribution in [0.1, 0.15) is 17.3 Å². The van der Waals surface area contributed by atoms with Gasteiger partial charge in [-0.05, 0) is 24.7 Å². The predicted molar refractivity (Wildman–Crippen MR) is 86.2 cm³/mol. The Balaban J connectivity index is 1.94. The summed E-state index contributed by atoms with van der Waals surface area (Å²) in [4.78, 5) is 9.47. The quantitative estimate of drug-likeness (QED) is 0.935. The van der Waals surface area contributed by atoms with E-state index in [4.69, 9.17) is 10.7 Å². The van der Waals surface area contributed by atoms with Gasteiger partial charge in [0.05, 0.1) is 11.7 Å². The zero-order chi connectivity index (χ0) is 14.7. The van der Waals surface area contributed by atoms with E-state index in [1.54, 1.807) is 0 Å². The number of hydrogen-bond donors (Lipinski definition) is 1. The fourth-order valence-corrected chi connectivity index (χ4v) is 2.89. The van der Waals surface area contributed by atoms with Crippen LogP contribution in [0.15, 0.2) is 48.5 Å². The third kappa shape index (κ3) is 3.06. The molecule has 0 radical (unpaired) electrons. The molecule has 0 amide bonds. The Labute approximate surface area is 126 Å². The number of anilines is 1. The summed E-state index contributed by atoms with van der Waals surface area (Å²) in [5, 5.41) is 0. The minimum atomic E-state index is 0.338. The molecule has 1 unspecified atom stereocenters. The molecule has 0 aliphatic carbocycles. The summed E-state index contributed by atoms with van der Waals surface area (Å²) in [7, 11) is 2.18. The molecular weight excluding hydrogens is 260 g/mol. The number of piperazine rings is 1. The fraction of sp³-hybridized carbons (Fsp3) is 0.353. The van der Waals surface area contributed by atoms with E-state index in [-0.39, 0.29) is 0 Å². The zero-order valence-corrected chi connectivity index (χ0v) is 12.4. The van der Waals surface area contributed by atoms with Crippen molar-refractivity contribution in [2.75, 3.05) is 31.6 Å². The third-order valence-corrected chi connectivity index (χ3v) is 4.06. The van der Waals surface area contributed by atoms with Crippen LogP contribution in [0.3, 0.4) is 0 Å². The molecule has 1 aliphatic rings. The van der Waals surface area contributed by atoms with E-state index in [1.807, 2.05) is 12.1 Å². The summed E-state index contributed by atoms with van der Waals surface area (Å²) in [6.07, 6.45) is 0. The highest BCUT2D eigenvalue weighted by Gasteiger charge is 2.27. The average Bonchev–Trinajstić information content (AvgIpc) is 2.55. The van der Waals surface area contributed by atoms with Crippen LogP contribution in [0.2, 0.25) is 0 Å². The molecule has 2 aromatic rings. The van der Waals surface area contributed by atoms with Gasteiger partial charge in [0.1, 0.15) is 5.82 Å². The Morgan fingerprint density at radius 2 is 1.90 bits per heavy atom. The Morgan fingerprint density at radius 1 is 1.10 bits per heavy atom. The van der Waals surface area contributed by atoms with Gasteiger partial charge < -0.3 is 15.5 Å². The van der Waals surface area contributed by atoms with Gasteiger partial charge in [0.25, 0.3) is 0 Å². The van der Waals surface area contributed by atoms with E-state index in [0.717, 1.165) is 31.1 Å². The second kappa shape index (κ2) is 6.24. The molecule has 1 aromatic carbocycles. The molecule has 1 atom stereocenters. The van der Waals surface area contributed by atoms with Crippen molar-refractivity contribution in [1.29, 1.82) is 0 Å². The first-order valence-corrected chi connectivity index (χ1v) is 7.44. The molecule has 0 spiro atoms. The van der Waals surface area contributed by atoms with Crippen molar-refractivity contribution in [2.24, 2.45) is 5.73 Å². The van der Waals surface area contributed by atoms with Crippen LogP contribution in [0.25, 0.3) is 0 Å². The van der Waals surface area contributed by atoms with Crippen LogP contribution in [-0.2, 0) is 6.54 Å². The van der Waals surface area contributed by atoms with Crippen LogP contribution in [0.5, 0.6) is 0 Å². The molecule has 1 fully saturated rings. The molecule has 0 saturated carbocycles. The van der Waals surface area contributed by atoms with Crippen LogP contribution in [0.4, 0.5) is 5.82 Å². The monoisotopic (exact) mass is 282 g/mol. The summed E-state index contributed by atoms with van der Waals surface area (Å²) in [6, 6.07) is 17.1. The van der Waals surface area contributed by atoms with Gasteiger partial charge in [-0.2, -0.15) is 0 Å². The summed E-state index contributed by atoms with van der Waals surface area (Å²) in [5.41, 5.74) is 8.01. The van der Waals surface area contributed by atoms with Crippen molar-refractivity contribution in [1.82, 2.24) is 9.88 Å². The maximum atomic E-state index is 5.73. The highest BCUT2D eigenvalue weighted by Crippen LogP contribution is 2.29. The highest BCUT2D eigenvalue weighted by atomic mass is 15.3. The van der Waals surface area contributed by atoms with Crippen molar-refractivity contribution in [3.8, 4) is 0 Å². The van der Waals surface area contributed by atoms with Crippen molar-refractivity contribution < 1.29 is 0 Å². The first-order chi connectivity index (χ1) is 10.3. The second-order valence-electron chi connectivity index (χ2n) is 5.57. The van der Waals surface area contributed by atoms with Crippen LogP contribution in [-0.4, -0.2) is 36.6 Å². The van der Waals surface area contributed by atoms with Crippen molar-refractivity contribution in [2.45, 2.75) is 12.6 Å². The predicted octanol–water partition coefficient (Wildman–Crippen LogP) is 2.03. The van der Waals surface area contributed by atoms with Crippen LogP contribution >= 0.6 is 0 Å². The molecule has 1 aliphatic heterocycles. The van der Waals surface area contributed by atoms with Gasteiger partial charge in [0.15, 0.2) is 0 Å². The molecule has 0 bridgehead atoms. The Morgan fingerprint density at radius 3 is 2.67 bits per heavy atom. The van der Waals surface area contributed by atoms with E-state index in [2.05, 4.69) is 53.2 Å². The van der Waals surface area contributed by atoms with E-state index < -0.39 is 0 Å². The maximum absolute atomic E-state index is 5.73. The summed E-state index contributed by atoms with van der Waals surface area (Å²) in [5.74, 6) is 1.03. The van der Waals surface area contributed by atoms with Crippen molar-refractivity contribution >= 4 is 5.82 Å². The maximum Gasteiger partial charge on any atom is 0.129 e. The highest BCUT2D eigenvalue weighted by molar-refractivity contribution is 5.44. The lowest BCUT2D eigenvalue weighted by molar-refractivity contribution is 0.268. The van der Waals surface area contributed by atoms with Crippen LogP contribution < -0.4 is 10.6 Å². The molecule has 4 nitrogen and oxygen atoms in total. The first kappa shape index (κ1) is 14.0. The smallest absolute Gasteiger partial charge is 0.129 e. The summed E-state index contributed by atoms with van der Waals surface area (Å²) in [6.45, 7) is 3.53. The van der Waals surface area contributed by atoms with E-state index in [1.165, 1.54) is 5.56 Å². The van der Waals surface area contributed by atoms with E-state index in [9.17, 15) is 0 Å². The molecule has 1 aromatic heterocycles. The normalized spacial score (nSPS) is 19.7. The lowest BCUT2D eigenvalue weighted by Crippen LogP contribution is -2.47. The van der Waals surface area contributed by atoms with Gasteiger partial charge in [-0.25, -0.2) is 4.98 Å². The minimum absolute atomic E-state index is 0.338. The van der Waals surface area contributed by atoms with Gasteiger partial charge in [0, 0.05) is 26.2 Å². The number of benzene rings is 1. The summed E-state index contributed by atoms with van der Waals surface area (Å²) >= 11 is 0. The lowest BCUT2D eigenvalue weighted by atomic mass is 10.0. The van der Waals surface area contributed by atoms with Gasteiger partial charge in [0.2, 0.25) is 0 Å². The number of nitrogens with two attached hydrogens (primary N) is 1. The lowest BCUT2D eigenvalue weighted by Gasteiger charge is -2.41. The zero-order valence-electron chi connectivity index (χ0n) is 12.4. The molecule has 3 rings (SSSR count). The number of likely N-dealkylation sites (N-methyl/N-ethyl adjacent to an activating group) is 1. The van der Waals surface area contributed by atoms with Gasteiger partial charge >= 0.3 is 0 Å². The number of rotatable bonds is 3. The Kier molecular flexibility index (Phi) is 4.18. The Bertz CT molecular complexity index is 584. The third-order valence-electron chi connectivity index (χ3n) is 4.06. The van der Waals surface area contributed by atoms with Gasteiger partial charge in [-0.3, -0.25) is 0 Å². The summed E-state index contributed by atoms with van der Waals surface area (Å²) < 4.78 is 0. The number of hydrogen-bond acceptors (Lipinski definition) is 4. The standard InChI is InChI=1S/C17H22N4/c1-20-10-11-21(17-9-5-8-15(12-18)19-17)16(13-20)14-6-3-2-4-7-14/h2-9,16H,10-13,18H2,1H3. The molecule has 2 heterocycles.